The van der Waals surface area contributed by atoms with Gasteiger partial charge in [0.05, 0.1) is 24.9 Å². The molecule has 0 amide bonds. The Balaban J connectivity index is 1.08. The van der Waals surface area contributed by atoms with Crippen LogP contribution in [0.2, 0.25) is 0 Å². The van der Waals surface area contributed by atoms with E-state index in [0.717, 1.165) is 44.9 Å². The molecule has 0 bridgehead atoms. The van der Waals surface area contributed by atoms with Crippen molar-refractivity contribution in [2.24, 2.45) is 50.7 Å². The number of aliphatic hydroxyl groups excluding tert-OH is 9. The Morgan fingerprint density at radius 1 is 0.652 bits per heavy atom. The molecule has 25 atom stereocenters. The third-order valence-electron chi connectivity index (χ3n) is 18.8. The lowest BCUT2D eigenvalue weighted by Crippen LogP contribution is -2.68. The van der Waals surface area contributed by atoms with Crippen LogP contribution in [0.1, 0.15) is 106 Å². The Bertz CT molecular complexity index is 1850. The van der Waals surface area contributed by atoms with E-state index >= 15 is 0 Å². The average Bonchev–Trinajstić information content (AvgIpc) is 3.24. The Morgan fingerprint density at radius 2 is 1.23 bits per heavy atom. The van der Waals surface area contributed by atoms with Gasteiger partial charge in [-0.05, 0) is 110 Å². The summed E-state index contributed by atoms with van der Waals surface area (Å²) in [6.45, 7) is 14.6. The molecule has 11 N–H and O–H groups in total. The maximum Gasteiger partial charge on any atom is 0.335 e. The van der Waals surface area contributed by atoms with Gasteiger partial charge in [-0.15, -0.1) is 0 Å². The Hall–Kier alpha value is -1.92. The van der Waals surface area contributed by atoms with Gasteiger partial charge in [-0.3, -0.25) is 0 Å². The standard InChI is InChI=1S/C47H74O19/c1-19-27(50)28(51)33(56)40(61-19)65-37-32(55)30(53)35(39(59)60)64-42(37)66-36-31(54)29(52)34(38(57)58)63-41(36)62-26-12-13-44(4)24(45(26,5)18-48)11-15-47(7)25(44)9-8-22-21-16-43(2,3)17-23(49)20(21)10-14-46(22,47)6/h8,19-21,23-37,40-42,48-56H,9-18H2,1-7H3,(H,57,58)(H,59,60). The van der Waals surface area contributed by atoms with Gasteiger partial charge < -0.3 is 84.6 Å². The van der Waals surface area contributed by atoms with Gasteiger partial charge in [0.2, 0.25) is 0 Å². The van der Waals surface area contributed by atoms with Gasteiger partial charge in [0.25, 0.3) is 0 Å². The number of carboxylic acid groups (broad SMARTS) is 2. The van der Waals surface area contributed by atoms with E-state index < -0.39 is 116 Å². The van der Waals surface area contributed by atoms with Crippen LogP contribution >= 0.6 is 0 Å². The average molecular weight is 943 g/mol. The summed E-state index contributed by atoms with van der Waals surface area (Å²) in [5, 5.41) is 119. The minimum absolute atomic E-state index is 0.0265. The zero-order valence-electron chi connectivity index (χ0n) is 39.0. The van der Waals surface area contributed by atoms with Crippen LogP contribution in [-0.4, -0.2) is 179 Å². The van der Waals surface area contributed by atoms with Crippen molar-refractivity contribution in [1.82, 2.24) is 0 Å². The number of aliphatic carboxylic acids is 2. The van der Waals surface area contributed by atoms with Crippen molar-refractivity contribution in [2.45, 2.75) is 211 Å². The molecule has 3 heterocycles. The molecule has 5 aliphatic carbocycles. The molecular formula is C47H74O19. The highest BCUT2D eigenvalue weighted by atomic mass is 16.8. The summed E-state index contributed by atoms with van der Waals surface area (Å²) in [5.41, 5.74) is 0.0535. The van der Waals surface area contributed by atoms with Gasteiger partial charge in [-0.1, -0.05) is 53.2 Å². The Morgan fingerprint density at radius 3 is 1.80 bits per heavy atom. The van der Waals surface area contributed by atoms with E-state index in [4.69, 9.17) is 28.4 Å². The lowest BCUT2D eigenvalue weighted by atomic mass is 9.34. The molecule has 376 valence electrons. The zero-order valence-corrected chi connectivity index (χ0v) is 39.0. The van der Waals surface area contributed by atoms with Crippen LogP contribution in [0.25, 0.3) is 0 Å². The molecule has 0 aromatic rings. The first-order chi connectivity index (χ1) is 30.7. The highest BCUT2D eigenvalue weighted by Gasteiger charge is 2.69. The number of rotatable bonds is 9. The predicted molar refractivity (Wildman–Crippen MR) is 226 cm³/mol. The second-order valence-corrected chi connectivity index (χ2v) is 22.9. The number of aliphatic hydroxyl groups is 9. The minimum atomic E-state index is -2.15. The van der Waals surface area contributed by atoms with Crippen molar-refractivity contribution in [3.8, 4) is 0 Å². The van der Waals surface area contributed by atoms with E-state index in [-0.39, 0.29) is 52.1 Å². The van der Waals surface area contributed by atoms with Crippen LogP contribution in [0.15, 0.2) is 11.6 Å². The Labute approximate surface area is 385 Å². The summed E-state index contributed by atoms with van der Waals surface area (Å²) < 4.78 is 35.6. The summed E-state index contributed by atoms with van der Waals surface area (Å²) in [7, 11) is 0. The molecule has 3 saturated heterocycles. The second-order valence-electron chi connectivity index (χ2n) is 22.9. The van der Waals surface area contributed by atoms with Gasteiger partial charge in [0, 0.05) is 5.41 Å². The van der Waals surface area contributed by atoms with Crippen molar-refractivity contribution in [3.63, 3.8) is 0 Å². The van der Waals surface area contributed by atoms with Gasteiger partial charge in [0.1, 0.15) is 54.9 Å². The van der Waals surface area contributed by atoms with Crippen LogP contribution in [-0.2, 0) is 38.0 Å². The first kappa shape index (κ1) is 50.5. The number of hydrogen-bond donors (Lipinski definition) is 11. The topological polar surface area (TPSA) is 312 Å². The molecule has 19 heteroatoms. The van der Waals surface area contributed by atoms with Crippen LogP contribution < -0.4 is 0 Å². The number of carbonyl (C=O) groups is 2. The monoisotopic (exact) mass is 942 g/mol. The van der Waals surface area contributed by atoms with E-state index in [2.05, 4.69) is 40.7 Å². The van der Waals surface area contributed by atoms with Crippen molar-refractivity contribution in [3.05, 3.63) is 11.6 Å². The normalized spacial score (nSPS) is 54.7. The maximum atomic E-state index is 12.5. The van der Waals surface area contributed by atoms with E-state index in [0.29, 0.717) is 18.8 Å². The highest BCUT2D eigenvalue weighted by Crippen LogP contribution is 2.74. The molecule has 25 unspecified atom stereocenters. The van der Waals surface area contributed by atoms with Crippen molar-refractivity contribution < 1.29 is 94.2 Å². The first-order valence-corrected chi connectivity index (χ1v) is 23.9. The fourth-order valence-corrected chi connectivity index (χ4v) is 15.0. The predicted octanol–water partition coefficient (Wildman–Crippen LogP) is 0.407. The maximum absolute atomic E-state index is 12.5. The minimum Gasteiger partial charge on any atom is -0.479 e. The molecule has 8 aliphatic rings. The van der Waals surface area contributed by atoms with Crippen LogP contribution in [0.3, 0.4) is 0 Å². The quantitative estimate of drug-likeness (QED) is 0.110. The van der Waals surface area contributed by atoms with Crippen molar-refractivity contribution >= 4 is 11.9 Å². The number of ether oxygens (including phenoxy) is 6. The van der Waals surface area contributed by atoms with E-state index in [1.807, 2.05) is 6.92 Å². The number of fused-ring (bicyclic) bond motifs is 7. The summed E-state index contributed by atoms with van der Waals surface area (Å²) in [6, 6.07) is 0. The fourth-order valence-electron chi connectivity index (χ4n) is 15.0. The van der Waals surface area contributed by atoms with Crippen LogP contribution in [0.4, 0.5) is 0 Å². The first-order valence-electron chi connectivity index (χ1n) is 23.9. The van der Waals surface area contributed by atoms with Gasteiger partial charge in [-0.25, -0.2) is 9.59 Å². The molecule has 0 spiro atoms. The molecule has 0 aromatic heterocycles. The Kier molecular flexibility index (Phi) is 13.6. The van der Waals surface area contributed by atoms with Gasteiger partial charge in [0.15, 0.2) is 31.1 Å². The lowest BCUT2D eigenvalue weighted by Gasteiger charge is -2.71. The van der Waals surface area contributed by atoms with Crippen LogP contribution in [0, 0.1) is 50.7 Å². The molecule has 0 aromatic carbocycles. The third-order valence-corrected chi connectivity index (χ3v) is 18.8. The molecule has 7 fully saturated rings. The van der Waals surface area contributed by atoms with E-state index in [9.17, 15) is 65.8 Å². The molecule has 0 radical (unpaired) electrons. The molecule has 19 nitrogen and oxygen atoms in total. The molecule has 4 saturated carbocycles. The van der Waals surface area contributed by atoms with E-state index in [1.54, 1.807) is 0 Å². The van der Waals surface area contributed by atoms with Gasteiger partial charge in [-0.2, -0.15) is 0 Å². The number of allylic oxidation sites excluding steroid dienone is 2. The van der Waals surface area contributed by atoms with Crippen molar-refractivity contribution in [1.29, 1.82) is 0 Å². The largest absolute Gasteiger partial charge is 0.479 e. The third kappa shape index (κ3) is 7.91. The van der Waals surface area contributed by atoms with Crippen LogP contribution in [0.5, 0.6) is 0 Å². The number of carboxylic acids is 2. The van der Waals surface area contributed by atoms with E-state index in [1.165, 1.54) is 12.5 Å². The smallest absolute Gasteiger partial charge is 0.335 e. The zero-order chi connectivity index (χ0) is 48.4. The molecule has 3 aliphatic heterocycles. The highest BCUT2D eigenvalue weighted by molar-refractivity contribution is 5.74. The summed E-state index contributed by atoms with van der Waals surface area (Å²) in [6.07, 6.45) is -20.1. The fraction of sp³-hybridized carbons (Fsp3) is 0.915. The molecule has 66 heavy (non-hydrogen) atoms. The van der Waals surface area contributed by atoms with Gasteiger partial charge >= 0.3 is 11.9 Å². The molecule has 8 rings (SSSR count). The second kappa shape index (κ2) is 17.7. The number of hydrogen-bond acceptors (Lipinski definition) is 17. The molecular weight excluding hydrogens is 868 g/mol. The van der Waals surface area contributed by atoms with Crippen molar-refractivity contribution in [2.75, 3.05) is 6.61 Å². The summed E-state index contributed by atoms with van der Waals surface area (Å²) in [4.78, 5) is 24.7. The SMILES string of the molecule is CC1OC(OC2C(OC3C(OC4CCC5(C)C(CCC6(C)C5CC=C5C7CC(C)(C)CC(O)C7CCC56C)C4(C)CO)OC(C(=O)O)C(O)C3O)OC(C(=O)O)C(O)C2O)C(O)C(O)C1O. The summed E-state index contributed by atoms with van der Waals surface area (Å²) >= 11 is 0. The lowest BCUT2D eigenvalue weighted by molar-refractivity contribution is -0.393. The summed E-state index contributed by atoms with van der Waals surface area (Å²) in [5.74, 6) is -2.70.